The Bertz CT molecular complexity index is 442. The van der Waals surface area contributed by atoms with Crippen LogP contribution in [0.4, 0.5) is 5.69 Å². The number of hydrogen-bond acceptors (Lipinski definition) is 1. The second-order valence-electron chi connectivity index (χ2n) is 3.99. The van der Waals surface area contributed by atoms with Crippen LogP contribution < -0.4 is 5.32 Å². The number of thiocarbonyl (C=S) groups is 1. The third-order valence-electron chi connectivity index (χ3n) is 2.66. The highest BCUT2D eigenvalue weighted by molar-refractivity contribution is 7.80. The van der Waals surface area contributed by atoms with E-state index in [4.69, 9.17) is 23.8 Å². The number of likely N-dealkylation sites (tertiary alicyclic amines) is 1. The van der Waals surface area contributed by atoms with Gasteiger partial charge in [0.15, 0.2) is 5.11 Å². The Morgan fingerprint density at radius 3 is 2.71 bits per heavy atom. The topological polar surface area (TPSA) is 27.6 Å². The minimum atomic E-state index is 0.496. The van der Waals surface area contributed by atoms with Gasteiger partial charge in [0, 0.05) is 30.7 Å². The van der Waals surface area contributed by atoms with Gasteiger partial charge >= 0.3 is 0 Å². The summed E-state index contributed by atoms with van der Waals surface area (Å²) in [6, 6.07) is 7.41. The Morgan fingerprint density at radius 2 is 2.12 bits per heavy atom. The number of hydrogen-bond donors (Lipinski definition) is 1. The molecule has 0 aromatic heterocycles. The van der Waals surface area contributed by atoms with Gasteiger partial charge in [-0.1, -0.05) is 11.6 Å². The molecule has 1 heterocycles. The molecule has 1 aliphatic rings. The second-order valence-corrected chi connectivity index (χ2v) is 4.81. The fraction of sp³-hybridized carbons (Fsp3) is 0.333. The third-order valence-corrected chi connectivity index (χ3v) is 3.11. The number of nitrogens with one attached hydrogen (secondary N) is 1. The predicted molar refractivity (Wildman–Crippen MR) is 77.0 cm³/mol. The SMILES string of the molecule is CN1CCC/C1=N\C(=S)Nc1ccc(Cl)cc1. The standard InChI is InChI=1S/C12H14ClN3S/c1-16-8-2-3-11(16)15-12(17)14-10-6-4-9(13)5-7-10/h4-7H,2-3,8H2,1H3,(H,14,17)/b15-11+. The summed E-state index contributed by atoms with van der Waals surface area (Å²) < 4.78 is 0. The number of nitrogens with zero attached hydrogens (tertiary/aromatic N) is 2. The zero-order valence-corrected chi connectivity index (χ0v) is 11.2. The van der Waals surface area contributed by atoms with Crippen molar-refractivity contribution in [1.82, 2.24) is 4.90 Å². The minimum absolute atomic E-state index is 0.496. The number of benzene rings is 1. The lowest BCUT2D eigenvalue weighted by Gasteiger charge is -2.11. The highest BCUT2D eigenvalue weighted by Gasteiger charge is 2.14. The molecule has 1 saturated heterocycles. The van der Waals surface area contributed by atoms with Crippen molar-refractivity contribution in [1.29, 1.82) is 0 Å². The van der Waals surface area contributed by atoms with Crippen LogP contribution in [0.15, 0.2) is 29.3 Å². The first kappa shape index (κ1) is 12.3. The van der Waals surface area contributed by atoms with Gasteiger partial charge in [-0.05, 0) is 42.9 Å². The summed E-state index contributed by atoms with van der Waals surface area (Å²) in [5.74, 6) is 1.05. The van der Waals surface area contributed by atoms with Gasteiger partial charge in [-0.25, -0.2) is 4.99 Å². The molecule has 0 spiro atoms. The molecule has 0 unspecified atom stereocenters. The number of halogens is 1. The maximum Gasteiger partial charge on any atom is 0.198 e. The van der Waals surface area contributed by atoms with Crippen LogP contribution in [0.3, 0.4) is 0 Å². The van der Waals surface area contributed by atoms with Crippen molar-refractivity contribution in [3.63, 3.8) is 0 Å². The molecule has 1 N–H and O–H groups in total. The molecule has 1 fully saturated rings. The van der Waals surface area contributed by atoms with Crippen molar-refractivity contribution in [2.24, 2.45) is 4.99 Å². The molecule has 0 amide bonds. The summed E-state index contributed by atoms with van der Waals surface area (Å²) in [5, 5.41) is 4.28. The lowest BCUT2D eigenvalue weighted by atomic mass is 10.3. The van der Waals surface area contributed by atoms with E-state index in [1.807, 2.05) is 31.3 Å². The summed E-state index contributed by atoms with van der Waals surface area (Å²) in [5.41, 5.74) is 0.907. The van der Waals surface area contributed by atoms with E-state index >= 15 is 0 Å². The van der Waals surface area contributed by atoms with E-state index in [0.717, 1.165) is 30.9 Å². The molecule has 2 rings (SSSR count). The van der Waals surface area contributed by atoms with E-state index in [2.05, 4.69) is 15.2 Å². The predicted octanol–water partition coefficient (Wildman–Crippen LogP) is 3.16. The van der Waals surface area contributed by atoms with Gasteiger partial charge in [-0.3, -0.25) is 0 Å². The van der Waals surface area contributed by atoms with Crippen molar-refractivity contribution >= 4 is 40.5 Å². The van der Waals surface area contributed by atoms with Crippen LogP contribution in [0.25, 0.3) is 0 Å². The molecule has 1 aliphatic heterocycles. The van der Waals surface area contributed by atoms with E-state index in [0.29, 0.717) is 10.1 Å². The van der Waals surface area contributed by atoms with Crippen LogP contribution in [0, 0.1) is 0 Å². The molecule has 17 heavy (non-hydrogen) atoms. The first-order chi connectivity index (χ1) is 8.15. The summed E-state index contributed by atoms with van der Waals surface area (Å²) in [6.07, 6.45) is 2.15. The average Bonchev–Trinajstić information content (AvgIpc) is 2.68. The van der Waals surface area contributed by atoms with Gasteiger partial charge in [-0.2, -0.15) is 0 Å². The van der Waals surface area contributed by atoms with Crippen LogP contribution in [0.2, 0.25) is 5.02 Å². The summed E-state index contributed by atoms with van der Waals surface area (Å²) in [4.78, 5) is 6.54. The van der Waals surface area contributed by atoms with Gasteiger partial charge in [0.2, 0.25) is 0 Å². The molecular formula is C12H14ClN3S. The Balaban J connectivity index is 2.00. The summed E-state index contributed by atoms with van der Waals surface area (Å²) in [6.45, 7) is 1.06. The number of amidine groups is 1. The first-order valence-corrected chi connectivity index (χ1v) is 6.29. The number of rotatable bonds is 1. The third kappa shape index (κ3) is 3.41. The van der Waals surface area contributed by atoms with Gasteiger partial charge < -0.3 is 10.2 Å². The van der Waals surface area contributed by atoms with Crippen LogP contribution >= 0.6 is 23.8 Å². The quantitative estimate of drug-likeness (QED) is 0.792. The fourth-order valence-corrected chi connectivity index (χ4v) is 2.09. The van der Waals surface area contributed by atoms with Crippen molar-refractivity contribution in [3.8, 4) is 0 Å². The van der Waals surface area contributed by atoms with Crippen molar-refractivity contribution in [3.05, 3.63) is 29.3 Å². The second kappa shape index (κ2) is 5.47. The van der Waals surface area contributed by atoms with Crippen LogP contribution in [0.5, 0.6) is 0 Å². The Labute approximate surface area is 111 Å². The fourth-order valence-electron chi connectivity index (χ4n) is 1.74. The molecule has 0 atom stereocenters. The normalized spacial score (nSPS) is 17.5. The zero-order valence-electron chi connectivity index (χ0n) is 9.61. The number of aliphatic imine (C=N–C) groups is 1. The molecule has 1 aromatic rings. The molecule has 0 radical (unpaired) electrons. The highest BCUT2D eigenvalue weighted by Crippen LogP contribution is 2.14. The van der Waals surface area contributed by atoms with Gasteiger partial charge in [0.1, 0.15) is 5.84 Å². The number of anilines is 1. The van der Waals surface area contributed by atoms with Crippen molar-refractivity contribution in [2.75, 3.05) is 18.9 Å². The maximum absolute atomic E-state index is 5.81. The molecule has 3 nitrogen and oxygen atoms in total. The lowest BCUT2D eigenvalue weighted by Crippen LogP contribution is -2.21. The van der Waals surface area contributed by atoms with Crippen LogP contribution in [0.1, 0.15) is 12.8 Å². The van der Waals surface area contributed by atoms with E-state index in [9.17, 15) is 0 Å². The van der Waals surface area contributed by atoms with Crippen molar-refractivity contribution in [2.45, 2.75) is 12.8 Å². The molecule has 5 heteroatoms. The van der Waals surface area contributed by atoms with Crippen molar-refractivity contribution < 1.29 is 0 Å². The van der Waals surface area contributed by atoms with E-state index in [1.54, 1.807) is 0 Å². The van der Waals surface area contributed by atoms with E-state index in [1.165, 1.54) is 0 Å². The monoisotopic (exact) mass is 267 g/mol. The Kier molecular flexibility index (Phi) is 3.97. The van der Waals surface area contributed by atoms with Crippen LogP contribution in [-0.4, -0.2) is 29.4 Å². The van der Waals surface area contributed by atoms with Gasteiger partial charge in [0.05, 0.1) is 0 Å². The van der Waals surface area contributed by atoms with Gasteiger partial charge in [0.25, 0.3) is 0 Å². The summed E-state index contributed by atoms with van der Waals surface area (Å²) >= 11 is 11.0. The minimum Gasteiger partial charge on any atom is -0.363 e. The Hall–Kier alpha value is -1.13. The molecule has 0 bridgehead atoms. The summed E-state index contributed by atoms with van der Waals surface area (Å²) in [7, 11) is 2.04. The zero-order chi connectivity index (χ0) is 12.3. The lowest BCUT2D eigenvalue weighted by molar-refractivity contribution is 0.550. The largest absolute Gasteiger partial charge is 0.363 e. The molecular weight excluding hydrogens is 254 g/mol. The molecule has 90 valence electrons. The molecule has 0 saturated carbocycles. The average molecular weight is 268 g/mol. The molecule has 1 aromatic carbocycles. The van der Waals surface area contributed by atoms with Crippen LogP contribution in [-0.2, 0) is 0 Å². The van der Waals surface area contributed by atoms with E-state index < -0.39 is 0 Å². The highest BCUT2D eigenvalue weighted by atomic mass is 35.5. The first-order valence-electron chi connectivity index (χ1n) is 5.50. The Morgan fingerprint density at radius 1 is 1.41 bits per heavy atom. The van der Waals surface area contributed by atoms with Gasteiger partial charge in [-0.15, -0.1) is 0 Å². The molecule has 0 aliphatic carbocycles. The maximum atomic E-state index is 5.81. The van der Waals surface area contributed by atoms with E-state index in [-0.39, 0.29) is 0 Å². The smallest absolute Gasteiger partial charge is 0.198 e.